The number of fused-ring (bicyclic) bond motifs is 48. The van der Waals surface area contributed by atoms with E-state index in [2.05, 4.69) is 350 Å². The van der Waals surface area contributed by atoms with Crippen LogP contribution in [0.15, 0.2) is 359 Å². The topological polar surface area (TPSA) is 92.1 Å². The number of hydrogen-bond acceptors (Lipinski definition) is 14. The van der Waals surface area contributed by atoms with Crippen LogP contribution >= 0.6 is 90.7 Å². The predicted octanol–water partition coefficient (Wildman–Crippen LogP) is 34.8. The molecule has 14 heterocycles. The van der Waals surface area contributed by atoms with E-state index in [1.807, 2.05) is 97.9 Å². The molecule has 0 saturated heterocycles. The summed E-state index contributed by atoms with van der Waals surface area (Å²) in [6.45, 7) is 0. The lowest BCUT2D eigenvalue weighted by Gasteiger charge is -2.13. The van der Waals surface area contributed by atoms with Gasteiger partial charge in [0.1, 0.15) is 19.0 Å². The van der Waals surface area contributed by atoms with Gasteiger partial charge in [-0.15, -0.1) is 90.7 Å². The van der Waals surface area contributed by atoms with Crippen LogP contribution in [0.2, 0.25) is 0 Å². The van der Waals surface area contributed by atoms with E-state index in [1.54, 1.807) is 30.3 Å². The van der Waals surface area contributed by atoms with Gasteiger partial charge >= 0.3 is 0 Å². The Morgan fingerprint density at radius 1 is 0.183 bits per heavy atom. The molecule has 14 aromatic heterocycles. The van der Waals surface area contributed by atoms with Gasteiger partial charge in [-0.1, -0.05) is 231 Å². The molecule has 0 spiro atoms. The molecule has 32 rings (SSSR count). The molecule has 0 radical (unpaired) electrons. The molecule has 0 fully saturated rings. The molecule has 0 aliphatic carbocycles. The molecule has 0 N–H and O–H groups in total. The molecule has 32 aromatic rings. The minimum Gasteiger partial charge on any atom is -0.308 e. The molecule has 0 atom stereocenters. The zero-order chi connectivity index (χ0) is 85.1. The zero-order valence-electron chi connectivity index (χ0n) is 68.9. The standard InChI is InChI=1S/C46H25N3S2.2C34H17N3S3/c1-2-14-31-29(12-1)30-13-3-4-15-32(30)36-23-27(20-21-33(31)36)26-10-9-11-28(22-26)49-37-18-7-5-16-34(37)40-41-35-17-6-8-19-38(35)50-45(41)42-43-39(24-47-25-48-43)51-46(42)44(40)49;1-4-12-22-20(9-1)27-28-21-10-3-6-15-25(21)39-33(28)29-30-26(16-35-17-36-30)40-34(29)31(27)37(22)23-13-7-11-19-18-8-2-5-14-24(18)38-32(19)23;1-4-10-23-20(8-1)28-29-21-9-3-6-12-25(21)39-33(29)30-31-27(16-35-17-36-31)40-34(30)32(28)37(23)18-13-14-26-22(15-18)19-7-2-5-11-24(19)38-26/h1-25H;2*1-17H. The maximum absolute atomic E-state index is 4.87. The van der Waals surface area contributed by atoms with Crippen molar-refractivity contribution < 1.29 is 0 Å². The molecule has 9 nitrogen and oxygen atoms in total. The number of aromatic nitrogens is 9. The summed E-state index contributed by atoms with van der Waals surface area (Å²) >= 11 is 14.8. The third kappa shape index (κ3) is 10.3. The fourth-order valence-electron chi connectivity index (χ4n) is 21.7. The Morgan fingerprint density at radius 2 is 0.519 bits per heavy atom. The molecule has 0 amide bonds. The Kier molecular flexibility index (Phi) is 15.5. The first-order chi connectivity index (χ1) is 65.0. The van der Waals surface area contributed by atoms with Gasteiger partial charge in [-0.2, -0.15) is 0 Å². The van der Waals surface area contributed by atoms with Gasteiger partial charge < -0.3 is 13.7 Å². The van der Waals surface area contributed by atoms with E-state index in [9.17, 15) is 0 Å². The lowest BCUT2D eigenvalue weighted by Crippen LogP contribution is -1.94. The first-order valence-corrected chi connectivity index (χ1v) is 50.0. The maximum Gasteiger partial charge on any atom is 0.116 e. The van der Waals surface area contributed by atoms with Crippen molar-refractivity contribution in [1.29, 1.82) is 0 Å². The molecule has 18 aromatic carbocycles. The lowest BCUT2D eigenvalue weighted by molar-refractivity contribution is 1.19. The maximum atomic E-state index is 4.87. The van der Waals surface area contributed by atoms with Crippen molar-refractivity contribution in [2.75, 3.05) is 0 Å². The number of benzene rings is 18. The van der Waals surface area contributed by atoms with E-state index in [0.29, 0.717) is 0 Å². The van der Waals surface area contributed by atoms with Crippen molar-refractivity contribution in [2.24, 2.45) is 0 Å². The third-order valence-electron chi connectivity index (χ3n) is 27.0. The van der Waals surface area contributed by atoms with E-state index in [1.165, 1.54) is 251 Å². The first-order valence-electron chi connectivity index (χ1n) is 43.5. The molecular weight excluding hydrogens is 1750 g/mol. The minimum atomic E-state index is 1.03. The van der Waals surface area contributed by atoms with Gasteiger partial charge in [-0.05, 0) is 134 Å². The van der Waals surface area contributed by atoms with Crippen molar-refractivity contribution in [3.8, 4) is 28.2 Å². The van der Waals surface area contributed by atoms with E-state index in [-0.39, 0.29) is 0 Å². The number of rotatable bonds is 4. The highest BCUT2D eigenvalue weighted by Gasteiger charge is 2.31. The molecule has 0 aliphatic heterocycles. The van der Waals surface area contributed by atoms with E-state index >= 15 is 0 Å². The third-order valence-corrected chi connectivity index (χ3v) is 36.3. The quantitative estimate of drug-likeness (QED) is 0.163. The summed E-state index contributed by atoms with van der Waals surface area (Å²) in [5, 5.41) is 32.4. The van der Waals surface area contributed by atoms with Gasteiger partial charge in [0.25, 0.3) is 0 Å². The molecule has 0 unspecified atom stereocenters. The molecule has 131 heavy (non-hydrogen) atoms. The van der Waals surface area contributed by atoms with Crippen LogP contribution in [0.25, 0.3) is 288 Å². The Bertz CT molecular complexity index is 10600. The highest BCUT2D eigenvalue weighted by atomic mass is 32.1. The fourth-order valence-corrected chi connectivity index (χ4v) is 31.5. The Balaban J connectivity index is 0.0000000956. The van der Waals surface area contributed by atoms with Crippen LogP contribution in [0.5, 0.6) is 0 Å². The van der Waals surface area contributed by atoms with Crippen LogP contribution in [-0.2, 0) is 0 Å². The summed E-state index contributed by atoms with van der Waals surface area (Å²) in [5.41, 5.74) is 16.5. The number of nitrogens with zero attached hydrogens (tertiary/aromatic N) is 9. The predicted molar refractivity (Wildman–Crippen MR) is 570 cm³/mol. The van der Waals surface area contributed by atoms with Gasteiger partial charge in [-0.3, -0.25) is 0 Å². The van der Waals surface area contributed by atoms with Gasteiger partial charge in [0.15, 0.2) is 0 Å². The average molecular weight is 1810 g/mol. The van der Waals surface area contributed by atoms with Gasteiger partial charge in [-0.25, -0.2) is 29.9 Å². The summed E-state index contributed by atoms with van der Waals surface area (Å²) in [6, 6.07) is 118. The number of hydrogen-bond donors (Lipinski definition) is 0. The Labute approximate surface area is 774 Å². The summed E-state index contributed by atoms with van der Waals surface area (Å²) in [5.74, 6) is 0. The first kappa shape index (κ1) is 73.1. The molecular formula is C114H59N9S8. The van der Waals surface area contributed by atoms with E-state index in [4.69, 9.17) is 15.0 Å². The van der Waals surface area contributed by atoms with E-state index < -0.39 is 0 Å². The van der Waals surface area contributed by atoms with E-state index in [0.717, 1.165) is 36.3 Å². The van der Waals surface area contributed by atoms with Crippen molar-refractivity contribution in [3.05, 3.63) is 359 Å². The zero-order valence-corrected chi connectivity index (χ0v) is 75.4. The highest BCUT2D eigenvalue weighted by Crippen LogP contribution is 2.58. The second-order valence-electron chi connectivity index (χ2n) is 33.7. The van der Waals surface area contributed by atoms with Crippen LogP contribution in [0.4, 0.5) is 0 Å². The summed E-state index contributed by atoms with van der Waals surface area (Å²) in [4.78, 5) is 27.7. The Hall–Kier alpha value is -14.9. The van der Waals surface area contributed by atoms with Crippen LogP contribution in [0, 0.1) is 0 Å². The fraction of sp³-hybridized carbons (Fsp3) is 0. The average Bonchev–Trinajstić information content (AvgIpc) is 1.52. The van der Waals surface area contributed by atoms with Crippen molar-refractivity contribution >= 4 is 350 Å². The van der Waals surface area contributed by atoms with Crippen molar-refractivity contribution in [1.82, 2.24) is 43.6 Å². The van der Waals surface area contributed by atoms with Crippen LogP contribution in [-0.4, -0.2) is 43.6 Å². The van der Waals surface area contributed by atoms with Gasteiger partial charge in [0.05, 0.1) is 88.2 Å². The highest BCUT2D eigenvalue weighted by molar-refractivity contribution is 7.32. The largest absolute Gasteiger partial charge is 0.308 e. The summed E-state index contributed by atoms with van der Waals surface area (Å²) < 4.78 is 27.8. The second kappa shape index (κ2) is 27.8. The monoisotopic (exact) mass is 1810 g/mol. The van der Waals surface area contributed by atoms with Crippen molar-refractivity contribution in [2.45, 2.75) is 0 Å². The second-order valence-corrected chi connectivity index (χ2v) is 42.1. The van der Waals surface area contributed by atoms with Crippen LogP contribution in [0.1, 0.15) is 0 Å². The van der Waals surface area contributed by atoms with Crippen LogP contribution < -0.4 is 0 Å². The smallest absolute Gasteiger partial charge is 0.116 e. The molecule has 0 bridgehead atoms. The summed E-state index contributed by atoms with van der Waals surface area (Å²) in [7, 11) is 0. The van der Waals surface area contributed by atoms with Gasteiger partial charge in [0.2, 0.25) is 0 Å². The number of para-hydroxylation sites is 3. The van der Waals surface area contributed by atoms with Crippen molar-refractivity contribution in [3.63, 3.8) is 0 Å². The molecule has 0 aliphatic rings. The molecule has 17 heteroatoms. The van der Waals surface area contributed by atoms with Gasteiger partial charge in [0, 0.05) is 175 Å². The van der Waals surface area contributed by atoms with Crippen LogP contribution in [0.3, 0.4) is 0 Å². The molecule has 608 valence electrons. The normalized spacial score (nSPS) is 12.4. The lowest BCUT2D eigenvalue weighted by atomic mass is 9.92. The summed E-state index contributed by atoms with van der Waals surface area (Å²) in [6.07, 6.45) is 11.0. The SMILES string of the molecule is c1cc(-c2ccc3c4ccccc4c4ccccc4c3c2)cc(-n2c3ccccc3c3c4c5ccccc5sc4c4c5ncncc5sc4c32)c1.c1ccc2c(c1)sc1c(-n3c4ccccc4c4c5c6ccccc6sc5c5c6ncncc6sc5c43)cccc12.c1ccc2c(c1)sc1ccc(-n3c4ccccc4c4c5c6ccccc6sc5c5c6ncncc6sc5c43)cc12. The molecule has 0 saturated carbocycles. The number of thiophene rings is 8. The Morgan fingerprint density at radius 3 is 1.00 bits per heavy atom. The minimum absolute atomic E-state index is 1.03.